The van der Waals surface area contributed by atoms with Gasteiger partial charge < -0.3 is 39.7 Å². The van der Waals surface area contributed by atoms with E-state index < -0.39 is 37.3 Å². The molecule has 9 heteroatoms. The van der Waals surface area contributed by atoms with Gasteiger partial charge in [-0.3, -0.25) is 4.98 Å². The van der Waals surface area contributed by atoms with Gasteiger partial charge in [0.2, 0.25) is 6.29 Å². The summed E-state index contributed by atoms with van der Waals surface area (Å²) in [5.74, 6) is 0.243. The van der Waals surface area contributed by atoms with E-state index in [1.54, 1.807) is 6.92 Å². The molecule has 1 fully saturated rings. The first-order chi connectivity index (χ1) is 11.4. The molecule has 5 N–H and O–H groups in total. The monoisotopic (exact) mass is 345 g/mol. The third-order valence-corrected chi connectivity index (χ3v) is 3.95. The number of aryl methyl sites for hydroxylation is 1. The molecule has 0 unspecified atom stereocenters. The summed E-state index contributed by atoms with van der Waals surface area (Å²) in [6.45, 7) is 0.965. The molecule has 0 radical (unpaired) electrons. The Kier molecular flexibility index (Phi) is 6.47. The van der Waals surface area contributed by atoms with Crippen LogP contribution in [0.25, 0.3) is 0 Å². The van der Waals surface area contributed by atoms with Crippen LogP contribution >= 0.6 is 0 Å². The van der Waals surface area contributed by atoms with Gasteiger partial charge in [-0.2, -0.15) is 0 Å². The molecule has 1 aliphatic heterocycles. The maximum Gasteiger partial charge on any atom is 0.229 e. The first kappa shape index (κ1) is 19.0. The molecule has 2 heterocycles. The first-order valence-corrected chi connectivity index (χ1v) is 7.48. The Morgan fingerprint density at radius 1 is 1.17 bits per heavy atom. The molecule has 0 aromatic carbocycles. The summed E-state index contributed by atoms with van der Waals surface area (Å²) < 4.78 is 16.1. The van der Waals surface area contributed by atoms with Gasteiger partial charge in [0.25, 0.3) is 0 Å². The van der Waals surface area contributed by atoms with Crippen molar-refractivity contribution in [2.45, 2.75) is 50.8 Å². The minimum absolute atomic E-state index is 0.131. The van der Waals surface area contributed by atoms with Gasteiger partial charge in [0.1, 0.15) is 30.2 Å². The number of rotatable bonds is 6. The van der Waals surface area contributed by atoms with Gasteiger partial charge in [0.05, 0.1) is 25.5 Å². The fourth-order valence-electron chi connectivity index (χ4n) is 2.55. The third kappa shape index (κ3) is 3.67. The zero-order valence-corrected chi connectivity index (χ0v) is 13.5. The van der Waals surface area contributed by atoms with Crippen molar-refractivity contribution in [3.8, 4) is 5.75 Å². The van der Waals surface area contributed by atoms with Crippen LogP contribution in [0.1, 0.15) is 16.8 Å². The van der Waals surface area contributed by atoms with E-state index in [1.807, 2.05) is 0 Å². The zero-order chi connectivity index (χ0) is 17.9. The van der Waals surface area contributed by atoms with E-state index in [0.717, 1.165) is 0 Å². The Morgan fingerprint density at radius 2 is 1.88 bits per heavy atom. The lowest BCUT2D eigenvalue weighted by Crippen LogP contribution is -2.60. The van der Waals surface area contributed by atoms with Crippen molar-refractivity contribution in [2.24, 2.45) is 0 Å². The topological polar surface area (TPSA) is 142 Å². The van der Waals surface area contributed by atoms with Crippen LogP contribution < -0.4 is 4.74 Å². The molecule has 0 saturated carbocycles. The van der Waals surface area contributed by atoms with Crippen molar-refractivity contribution in [3.05, 3.63) is 23.0 Å². The zero-order valence-electron chi connectivity index (χ0n) is 13.5. The number of aromatic nitrogens is 1. The van der Waals surface area contributed by atoms with Crippen molar-refractivity contribution in [2.75, 3.05) is 13.7 Å². The number of nitrogens with zero attached hydrogens (tertiary/aromatic N) is 1. The van der Waals surface area contributed by atoms with Gasteiger partial charge in [-0.05, 0) is 6.92 Å². The van der Waals surface area contributed by atoms with Gasteiger partial charge in [-0.15, -0.1) is 0 Å². The van der Waals surface area contributed by atoms with Crippen LogP contribution in [0, 0.1) is 6.92 Å². The second kappa shape index (κ2) is 8.17. The number of hydrogen-bond acceptors (Lipinski definition) is 9. The summed E-state index contributed by atoms with van der Waals surface area (Å²) in [4.78, 5) is 4.12. The Bertz CT molecular complexity index is 553. The van der Waals surface area contributed by atoms with E-state index >= 15 is 0 Å². The maximum atomic E-state index is 10.1. The normalized spacial score (nSPS) is 30.4. The molecule has 0 bridgehead atoms. The predicted molar refractivity (Wildman–Crippen MR) is 80.0 cm³/mol. The fraction of sp³-hybridized carbons (Fsp3) is 0.667. The van der Waals surface area contributed by atoms with Crippen molar-refractivity contribution >= 4 is 0 Å². The minimum atomic E-state index is -1.54. The summed E-state index contributed by atoms with van der Waals surface area (Å²) in [5.41, 5.74) is 1.49. The largest absolute Gasteiger partial charge is 0.460 e. The molecule has 1 aromatic heterocycles. The molecule has 24 heavy (non-hydrogen) atoms. The molecular weight excluding hydrogens is 322 g/mol. The highest BCUT2D eigenvalue weighted by Gasteiger charge is 2.45. The summed E-state index contributed by atoms with van der Waals surface area (Å²) in [5, 5.41) is 48.4. The predicted octanol–water partition coefficient (Wildman–Crippen LogP) is -1.79. The smallest absolute Gasteiger partial charge is 0.229 e. The van der Waals surface area contributed by atoms with Crippen LogP contribution in [-0.4, -0.2) is 74.9 Å². The van der Waals surface area contributed by atoms with E-state index in [4.69, 9.17) is 14.2 Å². The van der Waals surface area contributed by atoms with Crippen LogP contribution in [-0.2, 0) is 22.7 Å². The minimum Gasteiger partial charge on any atom is -0.460 e. The summed E-state index contributed by atoms with van der Waals surface area (Å²) in [6, 6.07) is 0. The van der Waals surface area contributed by atoms with Crippen LogP contribution in [0.3, 0.4) is 0 Å². The average molecular weight is 345 g/mol. The molecule has 136 valence electrons. The average Bonchev–Trinajstić information content (AvgIpc) is 2.58. The molecular formula is C15H23NO8. The van der Waals surface area contributed by atoms with Crippen molar-refractivity contribution < 1.29 is 39.7 Å². The highest BCUT2D eigenvalue weighted by atomic mass is 16.7. The Morgan fingerprint density at radius 3 is 2.46 bits per heavy atom. The Hall–Kier alpha value is -1.33. The summed E-state index contributed by atoms with van der Waals surface area (Å²) in [6.07, 6.45) is -5.45. The SMILES string of the molecule is COCc1c(CO)cnc(C)c1O[C@@H]1O[C@H](CO)[C@@H](O)[C@H](O)[C@H]1O. The van der Waals surface area contributed by atoms with Gasteiger partial charge in [0, 0.05) is 24.4 Å². The van der Waals surface area contributed by atoms with Crippen LogP contribution in [0.15, 0.2) is 6.20 Å². The number of hydrogen-bond donors (Lipinski definition) is 5. The molecule has 0 spiro atoms. The van der Waals surface area contributed by atoms with Crippen molar-refractivity contribution in [3.63, 3.8) is 0 Å². The molecule has 1 saturated heterocycles. The van der Waals surface area contributed by atoms with E-state index in [-0.39, 0.29) is 19.0 Å². The molecule has 0 aliphatic carbocycles. The van der Waals surface area contributed by atoms with Gasteiger partial charge >= 0.3 is 0 Å². The fourth-order valence-corrected chi connectivity index (χ4v) is 2.55. The van der Waals surface area contributed by atoms with Crippen molar-refractivity contribution in [1.82, 2.24) is 4.98 Å². The van der Waals surface area contributed by atoms with Crippen molar-refractivity contribution in [1.29, 1.82) is 0 Å². The molecule has 9 nitrogen and oxygen atoms in total. The number of ether oxygens (including phenoxy) is 3. The van der Waals surface area contributed by atoms with Crippen LogP contribution in [0.2, 0.25) is 0 Å². The molecule has 0 amide bonds. The second-order valence-electron chi connectivity index (χ2n) is 5.58. The van der Waals surface area contributed by atoms with Gasteiger partial charge in [-0.25, -0.2) is 0 Å². The lowest BCUT2D eigenvalue weighted by molar-refractivity contribution is -0.277. The van der Waals surface area contributed by atoms with E-state index in [2.05, 4.69) is 4.98 Å². The highest BCUT2D eigenvalue weighted by molar-refractivity contribution is 5.41. The van der Waals surface area contributed by atoms with E-state index in [1.165, 1.54) is 13.3 Å². The highest BCUT2D eigenvalue weighted by Crippen LogP contribution is 2.30. The Balaban J connectivity index is 2.32. The molecule has 5 atom stereocenters. The standard InChI is InChI=1S/C15H23NO8/c1-7-14(9(6-22-2)8(4-17)3-16-7)24-15-13(21)12(20)11(19)10(5-18)23-15/h3,10-13,15,17-21H,4-6H2,1-2H3/t10-,11-,12+,13-,15+/m1/s1. The van der Waals surface area contributed by atoms with E-state index in [0.29, 0.717) is 16.8 Å². The summed E-state index contributed by atoms with van der Waals surface area (Å²) in [7, 11) is 1.48. The van der Waals surface area contributed by atoms with Gasteiger partial charge in [0.15, 0.2) is 0 Å². The molecule has 1 aliphatic rings. The maximum absolute atomic E-state index is 10.1. The van der Waals surface area contributed by atoms with E-state index in [9.17, 15) is 25.5 Å². The number of methoxy groups -OCH3 is 1. The number of aliphatic hydroxyl groups excluding tert-OH is 5. The lowest BCUT2D eigenvalue weighted by atomic mass is 9.99. The molecule has 2 rings (SSSR count). The number of pyridine rings is 1. The quantitative estimate of drug-likeness (QED) is 0.404. The second-order valence-corrected chi connectivity index (χ2v) is 5.58. The lowest BCUT2D eigenvalue weighted by Gasteiger charge is -2.39. The van der Waals surface area contributed by atoms with Crippen LogP contribution in [0.5, 0.6) is 5.75 Å². The number of aliphatic hydroxyl groups is 5. The third-order valence-electron chi connectivity index (χ3n) is 3.95. The summed E-state index contributed by atoms with van der Waals surface area (Å²) >= 11 is 0. The Labute approximate surface area is 139 Å². The van der Waals surface area contributed by atoms with Crippen LogP contribution in [0.4, 0.5) is 0 Å². The van der Waals surface area contributed by atoms with Gasteiger partial charge in [-0.1, -0.05) is 0 Å². The first-order valence-electron chi connectivity index (χ1n) is 7.48. The molecule has 1 aromatic rings.